The topological polar surface area (TPSA) is 66.5 Å². The van der Waals surface area contributed by atoms with Crippen molar-refractivity contribution in [3.8, 4) is 0 Å². The fourth-order valence-corrected chi connectivity index (χ4v) is 4.37. The first kappa shape index (κ1) is 20.1. The van der Waals surface area contributed by atoms with Crippen LogP contribution < -0.4 is 10.2 Å². The first-order valence-corrected chi connectivity index (χ1v) is 10.3. The Balaban J connectivity index is 1.71. The number of hydrogen-bond donors (Lipinski definition) is 1. The zero-order valence-electron chi connectivity index (χ0n) is 16.3. The van der Waals surface area contributed by atoms with E-state index in [9.17, 15) is 14.4 Å². The average molecular weight is 397 g/mol. The van der Waals surface area contributed by atoms with Crippen LogP contribution in [0.5, 0.6) is 0 Å². The lowest BCUT2D eigenvalue weighted by Gasteiger charge is -2.19. The van der Waals surface area contributed by atoms with Crippen LogP contribution in [0, 0.1) is 13.8 Å². The first-order chi connectivity index (χ1) is 13.4. The summed E-state index contributed by atoms with van der Waals surface area (Å²) in [5.74, 6) is -0.347. The van der Waals surface area contributed by atoms with Gasteiger partial charge in [0.2, 0.25) is 17.7 Å². The molecule has 1 unspecified atom stereocenters. The standard InChI is InChI=1S/C22H24N2O3S/c1-4-6-19(25)23-16-9-11-17(12-10-16)28-18-13-20(26)24(22(18)27)21-14(2)7-5-8-15(21)3/h5,7-12,18H,4,6,13H2,1-3H3,(H,23,25). The number of nitrogens with zero attached hydrogens (tertiary/aromatic N) is 1. The monoisotopic (exact) mass is 396 g/mol. The molecule has 2 aromatic rings. The van der Waals surface area contributed by atoms with Gasteiger partial charge < -0.3 is 5.32 Å². The molecule has 0 aromatic heterocycles. The third kappa shape index (κ3) is 4.28. The molecule has 0 saturated carbocycles. The SMILES string of the molecule is CCCC(=O)Nc1ccc(SC2CC(=O)N(c3c(C)cccc3C)C2=O)cc1. The molecular formula is C22H24N2O3S. The second-order valence-corrected chi connectivity index (χ2v) is 8.22. The Bertz CT molecular complexity index is 888. The van der Waals surface area contributed by atoms with Gasteiger partial charge >= 0.3 is 0 Å². The minimum Gasteiger partial charge on any atom is -0.326 e. The Morgan fingerprint density at radius 3 is 2.36 bits per heavy atom. The largest absolute Gasteiger partial charge is 0.326 e. The molecule has 0 bridgehead atoms. The van der Waals surface area contributed by atoms with Crippen molar-refractivity contribution in [2.45, 2.75) is 50.2 Å². The summed E-state index contributed by atoms with van der Waals surface area (Å²) in [6.07, 6.45) is 1.48. The van der Waals surface area contributed by atoms with E-state index in [0.717, 1.165) is 28.1 Å². The van der Waals surface area contributed by atoms with Crippen molar-refractivity contribution in [3.63, 3.8) is 0 Å². The molecule has 1 heterocycles. The molecule has 5 nitrogen and oxygen atoms in total. The molecule has 1 N–H and O–H groups in total. The molecule has 1 fully saturated rings. The van der Waals surface area contributed by atoms with E-state index >= 15 is 0 Å². The molecule has 1 aliphatic rings. The lowest BCUT2D eigenvalue weighted by Crippen LogP contribution is -2.32. The summed E-state index contributed by atoms with van der Waals surface area (Å²) in [4.78, 5) is 39.4. The predicted molar refractivity (Wildman–Crippen MR) is 113 cm³/mol. The van der Waals surface area contributed by atoms with Crippen LogP contribution in [0.15, 0.2) is 47.4 Å². The van der Waals surface area contributed by atoms with Crippen molar-refractivity contribution in [2.24, 2.45) is 0 Å². The average Bonchev–Trinajstić information content (AvgIpc) is 2.91. The maximum absolute atomic E-state index is 12.9. The predicted octanol–water partition coefficient (Wildman–Crippen LogP) is 4.47. The summed E-state index contributed by atoms with van der Waals surface area (Å²) in [5.41, 5.74) is 3.27. The smallest absolute Gasteiger partial charge is 0.247 e. The fourth-order valence-electron chi connectivity index (χ4n) is 3.32. The molecule has 6 heteroatoms. The van der Waals surface area contributed by atoms with Crippen LogP contribution in [0.4, 0.5) is 11.4 Å². The number of hydrogen-bond acceptors (Lipinski definition) is 4. The van der Waals surface area contributed by atoms with E-state index in [1.807, 2.05) is 63.2 Å². The Morgan fingerprint density at radius 2 is 1.75 bits per heavy atom. The highest BCUT2D eigenvalue weighted by atomic mass is 32.2. The van der Waals surface area contributed by atoms with Gasteiger partial charge in [-0.2, -0.15) is 0 Å². The molecule has 146 valence electrons. The van der Waals surface area contributed by atoms with Gasteiger partial charge in [-0.15, -0.1) is 11.8 Å². The van der Waals surface area contributed by atoms with Crippen molar-refractivity contribution in [3.05, 3.63) is 53.6 Å². The Morgan fingerprint density at radius 1 is 1.11 bits per heavy atom. The summed E-state index contributed by atoms with van der Waals surface area (Å²) in [7, 11) is 0. The number of carbonyl (C=O) groups excluding carboxylic acids is 3. The van der Waals surface area contributed by atoms with Gasteiger partial charge in [0.15, 0.2) is 0 Å². The summed E-state index contributed by atoms with van der Waals surface area (Å²) < 4.78 is 0. The number of nitrogens with one attached hydrogen (secondary N) is 1. The zero-order valence-corrected chi connectivity index (χ0v) is 17.1. The normalized spacial score (nSPS) is 16.5. The number of thioether (sulfide) groups is 1. The molecule has 0 radical (unpaired) electrons. The highest BCUT2D eigenvalue weighted by molar-refractivity contribution is 8.00. The fraction of sp³-hybridized carbons (Fsp3) is 0.318. The van der Waals surface area contributed by atoms with Crippen LogP contribution in [-0.2, 0) is 14.4 Å². The third-order valence-electron chi connectivity index (χ3n) is 4.66. The second-order valence-electron chi connectivity index (χ2n) is 6.94. The van der Waals surface area contributed by atoms with E-state index in [-0.39, 0.29) is 24.1 Å². The number of para-hydroxylation sites is 1. The first-order valence-electron chi connectivity index (χ1n) is 9.40. The molecule has 0 spiro atoms. The van der Waals surface area contributed by atoms with Gasteiger partial charge in [0.05, 0.1) is 10.9 Å². The van der Waals surface area contributed by atoms with Crippen molar-refractivity contribution in [1.82, 2.24) is 0 Å². The van der Waals surface area contributed by atoms with Gasteiger partial charge in [0, 0.05) is 23.4 Å². The van der Waals surface area contributed by atoms with Gasteiger partial charge in [-0.3, -0.25) is 14.4 Å². The minimum atomic E-state index is -0.438. The molecule has 28 heavy (non-hydrogen) atoms. The maximum atomic E-state index is 12.9. The second kappa shape index (κ2) is 8.61. The van der Waals surface area contributed by atoms with Crippen LogP contribution in [0.1, 0.15) is 37.3 Å². The molecule has 1 atom stereocenters. The zero-order chi connectivity index (χ0) is 20.3. The molecule has 1 saturated heterocycles. The maximum Gasteiger partial charge on any atom is 0.247 e. The number of amides is 3. The Kier molecular flexibility index (Phi) is 6.19. The molecular weight excluding hydrogens is 372 g/mol. The number of benzene rings is 2. The lowest BCUT2D eigenvalue weighted by atomic mass is 10.1. The minimum absolute atomic E-state index is 0.0105. The van der Waals surface area contributed by atoms with Crippen LogP contribution >= 0.6 is 11.8 Å². The number of anilines is 2. The molecule has 3 rings (SSSR count). The summed E-state index contributed by atoms with van der Waals surface area (Å²) in [6, 6.07) is 13.1. The Hall–Kier alpha value is -2.60. The quantitative estimate of drug-likeness (QED) is 0.732. The van der Waals surface area contributed by atoms with Gasteiger partial charge in [-0.25, -0.2) is 4.90 Å². The summed E-state index contributed by atoms with van der Waals surface area (Å²) in [6.45, 7) is 5.78. The molecule has 3 amide bonds. The van der Waals surface area contributed by atoms with Crippen molar-refractivity contribution < 1.29 is 14.4 Å². The molecule has 0 aliphatic carbocycles. The van der Waals surface area contributed by atoms with Crippen LogP contribution in [0.2, 0.25) is 0 Å². The van der Waals surface area contributed by atoms with Gasteiger partial charge in [-0.1, -0.05) is 25.1 Å². The van der Waals surface area contributed by atoms with E-state index in [2.05, 4.69) is 5.32 Å². The number of rotatable bonds is 6. The molecule has 2 aromatic carbocycles. The van der Waals surface area contributed by atoms with Crippen molar-refractivity contribution in [1.29, 1.82) is 0 Å². The van der Waals surface area contributed by atoms with Crippen LogP contribution in [-0.4, -0.2) is 23.0 Å². The number of aryl methyl sites for hydroxylation is 2. The van der Waals surface area contributed by atoms with Crippen LogP contribution in [0.3, 0.4) is 0 Å². The molecule has 1 aliphatic heterocycles. The van der Waals surface area contributed by atoms with Gasteiger partial charge in [0.25, 0.3) is 0 Å². The highest BCUT2D eigenvalue weighted by Crippen LogP contribution is 2.36. The van der Waals surface area contributed by atoms with Crippen molar-refractivity contribution in [2.75, 3.05) is 10.2 Å². The summed E-state index contributed by atoms with van der Waals surface area (Å²) in [5, 5.41) is 2.41. The summed E-state index contributed by atoms with van der Waals surface area (Å²) >= 11 is 1.39. The van der Waals surface area contributed by atoms with E-state index in [0.29, 0.717) is 12.1 Å². The van der Waals surface area contributed by atoms with Crippen molar-refractivity contribution >= 4 is 40.9 Å². The third-order valence-corrected chi connectivity index (χ3v) is 5.86. The highest BCUT2D eigenvalue weighted by Gasteiger charge is 2.41. The Labute approximate surface area is 169 Å². The lowest BCUT2D eigenvalue weighted by molar-refractivity contribution is -0.121. The van der Waals surface area contributed by atoms with E-state index < -0.39 is 5.25 Å². The van der Waals surface area contributed by atoms with Crippen LogP contribution in [0.25, 0.3) is 0 Å². The van der Waals surface area contributed by atoms with E-state index in [1.54, 1.807) is 0 Å². The van der Waals surface area contributed by atoms with Gasteiger partial charge in [-0.05, 0) is 55.7 Å². The number of carbonyl (C=O) groups is 3. The van der Waals surface area contributed by atoms with Gasteiger partial charge in [0.1, 0.15) is 0 Å². The van der Waals surface area contributed by atoms with E-state index in [1.165, 1.54) is 16.7 Å². The number of imide groups is 1. The van der Waals surface area contributed by atoms with E-state index in [4.69, 9.17) is 0 Å².